The smallest absolute Gasteiger partial charge is 0.324 e. The van der Waals surface area contributed by atoms with E-state index in [1.54, 1.807) is 37.3 Å². The van der Waals surface area contributed by atoms with E-state index in [0.29, 0.717) is 11.5 Å². The van der Waals surface area contributed by atoms with E-state index in [4.69, 9.17) is 0 Å². The van der Waals surface area contributed by atoms with Crippen LogP contribution < -0.4 is 10.6 Å². The maximum Gasteiger partial charge on any atom is 0.324 e. The number of carbonyl (C=O) groups excluding carboxylic acids is 1. The number of nitrogens with one attached hydrogen (secondary N) is 2. The van der Waals surface area contributed by atoms with Crippen molar-refractivity contribution >= 4 is 33.5 Å². The molecule has 2 amide bonds. The molecule has 1 atom stereocenters. The van der Waals surface area contributed by atoms with E-state index in [-0.39, 0.29) is 6.03 Å². The molecule has 21 heavy (non-hydrogen) atoms. The van der Waals surface area contributed by atoms with E-state index in [1.165, 1.54) is 0 Å². The number of pyridine rings is 1. The van der Waals surface area contributed by atoms with Gasteiger partial charge in [0.1, 0.15) is 5.82 Å². The minimum absolute atomic E-state index is 0.382. The van der Waals surface area contributed by atoms with Gasteiger partial charge in [-0.3, -0.25) is 5.32 Å². The summed E-state index contributed by atoms with van der Waals surface area (Å²) in [5, 5.41) is 14.9. The van der Waals surface area contributed by atoms with Gasteiger partial charge in [0.15, 0.2) is 0 Å². The largest absolute Gasteiger partial charge is 0.389 e. The lowest BCUT2D eigenvalue weighted by atomic mass is 10.1. The summed E-state index contributed by atoms with van der Waals surface area (Å²) in [6, 6.07) is 10.2. The third-order valence-corrected chi connectivity index (χ3v) is 3.73. The number of nitrogens with zero attached hydrogens (tertiary/aromatic N) is 1. The molecule has 0 saturated carbocycles. The zero-order valence-corrected chi connectivity index (χ0v) is 13.3. The molecule has 0 spiro atoms. The summed E-state index contributed by atoms with van der Waals surface area (Å²) in [6.07, 6.45) is -0.578. The first-order valence-electron chi connectivity index (χ1n) is 6.45. The van der Waals surface area contributed by atoms with Crippen molar-refractivity contribution in [2.45, 2.75) is 20.0 Å². The van der Waals surface area contributed by atoms with Crippen LogP contribution in [0.25, 0.3) is 0 Å². The highest BCUT2D eigenvalue weighted by Crippen LogP contribution is 2.18. The molecule has 1 aromatic heterocycles. The molecule has 3 N–H and O–H groups in total. The molecule has 0 aliphatic carbocycles. The lowest BCUT2D eigenvalue weighted by Gasteiger charge is -2.10. The van der Waals surface area contributed by atoms with Crippen LogP contribution in [-0.2, 0) is 0 Å². The van der Waals surface area contributed by atoms with Gasteiger partial charge >= 0.3 is 6.03 Å². The lowest BCUT2D eigenvalue weighted by Crippen LogP contribution is -2.20. The molecule has 0 bridgehead atoms. The van der Waals surface area contributed by atoms with Gasteiger partial charge in [0.05, 0.1) is 11.8 Å². The molecular weight excluding hydrogens is 334 g/mol. The second kappa shape index (κ2) is 6.69. The van der Waals surface area contributed by atoms with E-state index in [0.717, 1.165) is 15.7 Å². The highest BCUT2D eigenvalue weighted by Gasteiger charge is 2.07. The molecule has 6 heteroatoms. The minimum atomic E-state index is -0.578. The minimum Gasteiger partial charge on any atom is -0.389 e. The van der Waals surface area contributed by atoms with Crippen molar-refractivity contribution in [2.75, 3.05) is 10.6 Å². The summed E-state index contributed by atoms with van der Waals surface area (Å²) in [6.45, 7) is 3.52. The molecule has 0 aliphatic heterocycles. The summed E-state index contributed by atoms with van der Waals surface area (Å²) < 4.78 is 0.887. The molecule has 2 rings (SSSR count). The fraction of sp³-hybridized carbons (Fsp3) is 0.200. The van der Waals surface area contributed by atoms with Crippen LogP contribution in [0.15, 0.2) is 40.9 Å². The molecule has 0 fully saturated rings. The Kier molecular flexibility index (Phi) is 4.93. The maximum atomic E-state index is 11.9. The van der Waals surface area contributed by atoms with Gasteiger partial charge < -0.3 is 10.4 Å². The standard InChI is InChI=1S/C15H16BrN3O2/c1-9-13(16)6-7-14(17-9)19-15(21)18-12-5-3-4-11(8-12)10(2)20/h3-8,10,20H,1-2H3,(H2,17,18,19,21). The number of aliphatic hydroxyl groups is 1. The number of aliphatic hydroxyl groups excluding tert-OH is 1. The van der Waals surface area contributed by atoms with Crippen LogP contribution in [0.3, 0.4) is 0 Å². The van der Waals surface area contributed by atoms with Crippen molar-refractivity contribution in [3.63, 3.8) is 0 Å². The zero-order valence-electron chi connectivity index (χ0n) is 11.7. The molecule has 5 nitrogen and oxygen atoms in total. The summed E-state index contributed by atoms with van der Waals surface area (Å²) in [7, 11) is 0. The van der Waals surface area contributed by atoms with Crippen molar-refractivity contribution < 1.29 is 9.90 Å². The predicted octanol–water partition coefficient (Wildman–Crippen LogP) is 3.85. The first-order chi connectivity index (χ1) is 9.95. The van der Waals surface area contributed by atoms with Gasteiger partial charge in [-0.15, -0.1) is 0 Å². The van der Waals surface area contributed by atoms with Crippen molar-refractivity contribution in [2.24, 2.45) is 0 Å². The third-order valence-electron chi connectivity index (χ3n) is 2.89. The van der Waals surface area contributed by atoms with Crippen LogP contribution in [-0.4, -0.2) is 16.1 Å². The number of hydrogen-bond donors (Lipinski definition) is 3. The van der Waals surface area contributed by atoms with Gasteiger partial charge in [0.2, 0.25) is 0 Å². The first-order valence-corrected chi connectivity index (χ1v) is 7.24. The Morgan fingerprint density at radius 2 is 2.05 bits per heavy atom. The number of amides is 2. The monoisotopic (exact) mass is 349 g/mol. The van der Waals surface area contributed by atoms with Crippen LogP contribution in [0.4, 0.5) is 16.3 Å². The second-order valence-corrected chi connectivity index (χ2v) is 5.50. The number of halogens is 1. The first kappa shape index (κ1) is 15.5. The van der Waals surface area contributed by atoms with Crippen molar-refractivity contribution in [1.29, 1.82) is 0 Å². The Balaban J connectivity index is 2.04. The average Bonchev–Trinajstić information content (AvgIpc) is 2.43. The van der Waals surface area contributed by atoms with Crippen LogP contribution in [0.1, 0.15) is 24.3 Å². The van der Waals surface area contributed by atoms with E-state index in [1.807, 2.05) is 13.0 Å². The molecule has 0 saturated heterocycles. The van der Waals surface area contributed by atoms with Crippen molar-refractivity contribution in [3.8, 4) is 0 Å². The Bertz CT molecular complexity index is 659. The van der Waals surface area contributed by atoms with Crippen LogP contribution >= 0.6 is 15.9 Å². The van der Waals surface area contributed by atoms with Gasteiger partial charge in [0, 0.05) is 10.2 Å². The third kappa shape index (κ3) is 4.27. The molecule has 0 aliphatic rings. The highest BCUT2D eigenvalue weighted by atomic mass is 79.9. The number of hydrogen-bond acceptors (Lipinski definition) is 3. The maximum absolute atomic E-state index is 11.9. The molecule has 110 valence electrons. The summed E-state index contributed by atoms with van der Waals surface area (Å²) in [5.41, 5.74) is 2.15. The second-order valence-electron chi connectivity index (χ2n) is 4.64. The van der Waals surface area contributed by atoms with Gasteiger partial charge in [0.25, 0.3) is 0 Å². The highest BCUT2D eigenvalue weighted by molar-refractivity contribution is 9.10. The van der Waals surface area contributed by atoms with E-state index in [2.05, 4.69) is 31.5 Å². The molecule has 0 radical (unpaired) electrons. The number of aryl methyl sites for hydroxylation is 1. The lowest BCUT2D eigenvalue weighted by molar-refractivity contribution is 0.199. The van der Waals surface area contributed by atoms with E-state index < -0.39 is 6.10 Å². The quantitative estimate of drug-likeness (QED) is 0.787. The molecule has 1 unspecified atom stereocenters. The number of urea groups is 1. The molecule has 2 aromatic rings. The number of carbonyl (C=O) groups is 1. The van der Waals surface area contributed by atoms with Crippen LogP contribution in [0, 0.1) is 6.92 Å². The van der Waals surface area contributed by atoms with E-state index >= 15 is 0 Å². The molecular formula is C15H16BrN3O2. The summed E-state index contributed by atoms with van der Waals surface area (Å²) in [5.74, 6) is 0.472. The fourth-order valence-electron chi connectivity index (χ4n) is 1.77. The number of anilines is 2. The van der Waals surface area contributed by atoms with Gasteiger partial charge in [-0.2, -0.15) is 0 Å². The predicted molar refractivity (Wildman–Crippen MR) is 86.4 cm³/mol. The van der Waals surface area contributed by atoms with Crippen LogP contribution in [0.2, 0.25) is 0 Å². The Labute approximate surface area is 131 Å². The number of rotatable bonds is 3. The van der Waals surface area contributed by atoms with Crippen molar-refractivity contribution in [1.82, 2.24) is 4.98 Å². The Hall–Kier alpha value is -1.92. The SMILES string of the molecule is Cc1nc(NC(=O)Nc2cccc(C(C)O)c2)ccc1Br. The van der Waals surface area contributed by atoms with Gasteiger partial charge in [-0.05, 0) is 59.6 Å². The normalized spacial score (nSPS) is 11.8. The number of aromatic nitrogens is 1. The van der Waals surface area contributed by atoms with Gasteiger partial charge in [-0.1, -0.05) is 12.1 Å². The topological polar surface area (TPSA) is 74.2 Å². The van der Waals surface area contributed by atoms with Crippen molar-refractivity contribution in [3.05, 3.63) is 52.1 Å². The fourth-order valence-corrected chi connectivity index (χ4v) is 1.99. The average molecular weight is 350 g/mol. The summed E-state index contributed by atoms with van der Waals surface area (Å²) >= 11 is 3.36. The molecule has 1 heterocycles. The molecule has 1 aromatic carbocycles. The Morgan fingerprint density at radius 1 is 1.29 bits per heavy atom. The Morgan fingerprint density at radius 3 is 2.71 bits per heavy atom. The summed E-state index contributed by atoms with van der Waals surface area (Å²) in [4.78, 5) is 16.2. The van der Waals surface area contributed by atoms with Gasteiger partial charge in [-0.25, -0.2) is 9.78 Å². The number of benzene rings is 1. The van der Waals surface area contributed by atoms with E-state index in [9.17, 15) is 9.90 Å². The van der Waals surface area contributed by atoms with Crippen LogP contribution in [0.5, 0.6) is 0 Å². The zero-order chi connectivity index (χ0) is 15.4.